The van der Waals surface area contributed by atoms with Gasteiger partial charge in [-0.25, -0.2) is 4.98 Å². The molecule has 20 heavy (non-hydrogen) atoms. The molecule has 0 saturated carbocycles. The number of carbonyl (C=O) groups excluding carboxylic acids is 1. The third-order valence-corrected chi connectivity index (χ3v) is 3.08. The van der Waals surface area contributed by atoms with Crippen LogP contribution in [0.5, 0.6) is 0 Å². The van der Waals surface area contributed by atoms with E-state index >= 15 is 0 Å². The number of hydrogen-bond donors (Lipinski definition) is 1. The third kappa shape index (κ3) is 3.59. The van der Waals surface area contributed by atoms with Crippen molar-refractivity contribution in [3.63, 3.8) is 0 Å². The minimum atomic E-state index is -0.237. The van der Waals surface area contributed by atoms with Gasteiger partial charge in [0.05, 0.1) is 5.56 Å². The van der Waals surface area contributed by atoms with Crippen LogP contribution in [-0.2, 0) is 0 Å². The Kier molecular flexibility index (Phi) is 3.59. The first-order chi connectivity index (χ1) is 9.16. The zero-order valence-corrected chi connectivity index (χ0v) is 12.9. The highest BCUT2D eigenvalue weighted by Crippen LogP contribution is 2.27. The zero-order valence-electron chi connectivity index (χ0n) is 12.9. The van der Waals surface area contributed by atoms with Crippen LogP contribution in [0.3, 0.4) is 0 Å². The minimum absolute atomic E-state index is 0.0464. The molecular weight excluding hydrogens is 250 g/mol. The molecule has 4 nitrogen and oxygen atoms in total. The molecule has 2 aromatic rings. The second-order valence-corrected chi connectivity index (χ2v) is 7.19. The molecule has 0 bridgehead atoms. The summed E-state index contributed by atoms with van der Waals surface area (Å²) in [6.07, 6.45) is 6.29. The Morgan fingerprint density at radius 3 is 2.60 bits per heavy atom. The van der Waals surface area contributed by atoms with Gasteiger partial charge in [0.2, 0.25) is 0 Å². The lowest BCUT2D eigenvalue weighted by molar-refractivity contribution is 0.0891. The van der Waals surface area contributed by atoms with Crippen LogP contribution in [-0.4, -0.2) is 20.8 Å². The van der Waals surface area contributed by atoms with Crippen molar-refractivity contribution in [2.45, 2.75) is 46.6 Å². The molecule has 1 amide bonds. The van der Waals surface area contributed by atoms with Gasteiger partial charge < -0.3 is 9.72 Å². The van der Waals surface area contributed by atoms with E-state index in [0.29, 0.717) is 5.56 Å². The van der Waals surface area contributed by atoms with E-state index in [1.807, 2.05) is 28.9 Å². The van der Waals surface area contributed by atoms with Gasteiger partial charge in [0.25, 0.3) is 5.91 Å². The van der Waals surface area contributed by atoms with E-state index < -0.39 is 0 Å². The molecule has 2 aromatic heterocycles. The summed E-state index contributed by atoms with van der Waals surface area (Å²) in [5, 5.41) is 3.11. The fraction of sp³-hybridized carbons (Fsp3) is 0.500. The van der Waals surface area contributed by atoms with Crippen molar-refractivity contribution >= 4 is 11.6 Å². The van der Waals surface area contributed by atoms with E-state index in [2.05, 4.69) is 44.9 Å². The van der Waals surface area contributed by atoms with Crippen LogP contribution in [0.1, 0.15) is 51.4 Å². The second kappa shape index (κ2) is 4.93. The molecule has 4 heteroatoms. The number of fused-ring (bicyclic) bond motifs is 1. The molecule has 0 fully saturated rings. The average Bonchev–Trinajstić information content (AvgIpc) is 2.71. The molecule has 0 aliphatic heterocycles. The summed E-state index contributed by atoms with van der Waals surface area (Å²) in [6.45, 7) is 10.7. The van der Waals surface area contributed by atoms with Crippen LogP contribution in [0.15, 0.2) is 30.7 Å². The van der Waals surface area contributed by atoms with Crippen LogP contribution in [0.25, 0.3) is 5.65 Å². The summed E-state index contributed by atoms with van der Waals surface area (Å²) < 4.78 is 1.85. The summed E-state index contributed by atoms with van der Waals surface area (Å²) in [5.74, 6) is -0.0464. The molecule has 0 atom stereocenters. The predicted molar refractivity (Wildman–Crippen MR) is 80.8 cm³/mol. The van der Waals surface area contributed by atoms with E-state index in [9.17, 15) is 4.79 Å². The third-order valence-electron chi connectivity index (χ3n) is 3.08. The molecule has 0 unspecified atom stereocenters. The van der Waals surface area contributed by atoms with Crippen LogP contribution >= 0.6 is 0 Å². The highest BCUT2D eigenvalue weighted by atomic mass is 16.1. The number of nitrogens with one attached hydrogen (secondary N) is 1. The number of amides is 1. The van der Waals surface area contributed by atoms with Crippen molar-refractivity contribution in [2.75, 3.05) is 0 Å². The van der Waals surface area contributed by atoms with Gasteiger partial charge in [-0.1, -0.05) is 20.8 Å². The fourth-order valence-corrected chi connectivity index (χ4v) is 2.80. The topological polar surface area (TPSA) is 46.4 Å². The number of carbonyl (C=O) groups is 1. The predicted octanol–water partition coefficient (Wildman–Crippen LogP) is 3.28. The Hall–Kier alpha value is -1.84. The van der Waals surface area contributed by atoms with Crippen molar-refractivity contribution in [3.05, 3.63) is 36.3 Å². The first-order valence-electron chi connectivity index (χ1n) is 6.92. The molecule has 0 aliphatic carbocycles. The molecule has 0 radical (unpaired) electrons. The maximum atomic E-state index is 12.4. The van der Waals surface area contributed by atoms with Crippen LogP contribution in [0.4, 0.5) is 0 Å². The van der Waals surface area contributed by atoms with Crippen molar-refractivity contribution in [2.24, 2.45) is 5.41 Å². The number of hydrogen-bond acceptors (Lipinski definition) is 2. The monoisotopic (exact) mass is 273 g/mol. The number of rotatable bonds is 3. The molecule has 2 rings (SSSR count). The second-order valence-electron chi connectivity index (χ2n) is 7.19. The quantitative estimate of drug-likeness (QED) is 0.933. The number of aromatic nitrogens is 2. The van der Waals surface area contributed by atoms with Crippen molar-refractivity contribution in [1.82, 2.24) is 14.7 Å². The number of imidazole rings is 1. The first kappa shape index (κ1) is 14.6. The van der Waals surface area contributed by atoms with E-state index in [4.69, 9.17) is 0 Å². The lowest BCUT2D eigenvalue weighted by Gasteiger charge is -2.33. The number of pyridine rings is 1. The molecule has 2 heterocycles. The Morgan fingerprint density at radius 1 is 1.25 bits per heavy atom. The maximum Gasteiger partial charge on any atom is 0.253 e. The molecule has 1 N–H and O–H groups in total. The lowest BCUT2D eigenvalue weighted by atomic mass is 9.81. The van der Waals surface area contributed by atoms with Crippen LogP contribution in [0, 0.1) is 5.41 Å². The van der Waals surface area contributed by atoms with E-state index in [-0.39, 0.29) is 16.9 Å². The van der Waals surface area contributed by atoms with Gasteiger partial charge in [0, 0.05) is 24.1 Å². The van der Waals surface area contributed by atoms with Gasteiger partial charge >= 0.3 is 0 Å². The van der Waals surface area contributed by atoms with Gasteiger partial charge in [-0.15, -0.1) is 0 Å². The van der Waals surface area contributed by atoms with E-state index in [1.54, 1.807) is 6.20 Å². The Morgan fingerprint density at radius 2 is 1.95 bits per heavy atom. The summed E-state index contributed by atoms with van der Waals surface area (Å²) >= 11 is 0. The largest absolute Gasteiger partial charge is 0.347 e. The summed E-state index contributed by atoms with van der Waals surface area (Å²) in [4.78, 5) is 16.5. The Bertz CT molecular complexity index is 620. The van der Waals surface area contributed by atoms with Gasteiger partial charge in [0.1, 0.15) is 5.65 Å². The molecule has 108 valence electrons. The Balaban J connectivity index is 2.14. The normalized spacial score (nSPS) is 12.7. The van der Waals surface area contributed by atoms with Crippen molar-refractivity contribution in [3.8, 4) is 0 Å². The molecular formula is C16H23N3O. The van der Waals surface area contributed by atoms with Gasteiger partial charge in [0.15, 0.2) is 0 Å². The standard InChI is InChI=1S/C16H23N3O/c1-15(2,3)11-16(4,5)18-14(20)12-6-7-13-17-8-9-19(13)10-12/h6-10H,11H2,1-5H3,(H,18,20). The summed E-state index contributed by atoms with van der Waals surface area (Å²) in [5.41, 5.74) is 1.43. The fourth-order valence-electron chi connectivity index (χ4n) is 2.80. The Labute approximate surface area is 120 Å². The first-order valence-corrected chi connectivity index (χ1v) is 6.92. The smallest absolute Gasteiger partial charge is 0.253 e. The number of nitrogens with zero attached hydrogens (tertiary/aromatic N) is 2. The zero-order chi connectivity index (χ0) is 15.0. The highest BCUT2D eigenvalue weighted by Gasteiger charge is 2.27. The highest BCUT2D eigenvalue weighted by molar-refractivity contribution is 5.94. The molecule has 0 aromatic carbocycles. The van der Waals surface area contributed by atoms with Crippen LogP contribution < -0.4 is 5.32 Å². The SMILES string of the molecule is CC(C)(C)CC(C)(C)NC(=O)c1ccc2nccn2c1. The van der Waals surface area contributed by atoms with E-state index in [1.165, 1.54) is 0 Å². The molecule has 0 aliphatic rings. The average molecular weight is 273 g/mol. The van der Waals surface area contributed by atoms with Crippen LogP contribution in [0.2, 0.25) is 0 Å². The molecule has 0 saturated heterocycles. The maximum absolute atomic E-state index is 12.4. The minimum Gasteiger partial charge on any atom is -0.347 e. The van der Waals surface area contributed by atoms with Crippen molar-refractivity contribution in [1.29, 1.82) is 0 Å². The van der Waals surface area contributed by atoms with E-state index in [0.717, 1.165) is 12.1 Å². The van der Waals surface area contributed by atoms with Crippen molar-refractivity contribution < 1.29 is 4.79 Å². The van der Waals surface area contributed by atoms with Gasteiger partial charge in [-0.05, 0) is 37.8 Å². The van der Waals surface area contributed by atoms with Gasteiger partial charge in [-0.2, -0.15) is 0 Å². The lowest BCUT2D eigenvalue weighted by Crippen LogP contribution is -2.45. The summed E-state index contributed by atoms with van der Waals surface area (Å²) in [6, 6.07) is 3.66. The summed E-state index contributed by atoms with van der Waals surface area (Å²) in [7, 11) is 0. The molecule has 0 spiro atoms. The van der Waals surface area contributed by atoms with Gasteiger partial charge in [-0.3, -0.25) is 4.79 Å².